The summed E-state index contributed by atoms with van der Waals surface area (Å²) >= 11 is 0. The second-order valence-electron chi connectivity index (χ2n) is 1.96. The van der Waals surface area contributed by atoms with E-state index in [1.165, 1.54) is 0 Å². The SMILES string of the molecule is CC(C)C[N-][N+](=O)[O-].[K+]. The molecular weight excluding hydrogens is 147 g/mol. The van der Waals surface area contributed by atoms with E-state index in [-0.39, 0.29) is 57.3 Å². The topological polar surface area (TPSA) is 57.2 Å². The Kier molecular flexibility index (Phi) is 9.66. The van der Waals surface area contributed by atoms with Gasteiger partial charge < -0.3 is 5.43 Å². The van der Waals surface area contributed by atoms with Crippen molar-refractivity contribution in [2.24, 2.45) is 5.92 Å². The molecule has 0 fully saturated rings. The van der Waals surface area contributed by atoms with Crippen molar-refractivity contribution in [3.63, 3.8) is 0 Å². The molecule has 0 rings (SSSR count). The van der Waals surface area contributed by atoms with E-state index in [1.807, 2.05) is 13.8 Å². The fourth-order valence-corrected chi connectivity index (χ4v) is 0.230. The van der Waals surface area contributed by atoms with Crippen LogP contribution in [0.25, 0.3) is 5.43 Å². The molecule has 5 heteroatoms. The monoisotopic (exact) mass is 156 g/mol. The van der Waals surface area contributed by atoms with E-state index in [2.05, 4.69) is 5.43 Å². The smallest absolute Gasteiger partial charge is 0.379 e. The van der Waals surface area contributed by atoms with E-state index in [9.17, 15) is 10.1 Å². The number of nitrogens with zero attached hydrogens (tertiary/aromatic N) is 2. The van der Waals surface area contributed by atoms with Crippen molar-refractivity contribution in [3.05, 3.63) is 15.5 Å². The van der Waals surface area contributed by atoms with Crippen LogP contribution < -0.4 is 51.4 Å². The quantitative estimate of drug-likeness (QED) is 0.275. The van der Waals surface area contributed by atoms with Gasteiger partial charge in [0, 0.05) is 0 Å². The zero-order chi connectivity index (χ0) is 6.57. The molecule has 0 saturated carbocycles. The van der Waals surface area contributed by atoms with Crippen molar-refractivity contribution in [1.82, 2.24) is 0 Å². The molecule has 0 aliphatic carbocycles. The molecule has 0 radical (unpaired) electrons. The van der Waals surface area contributed by atoms with Gasteiger partial charge in [0.25, 0.3) is 0 Å². The standard InChI is InChI=1S/C4H9N2O2.K/c1-4(2)3-5-6(7)8;/h4H,3H2,1-2H3;/q-1;+1. The Morgan fingerprint density at radius 2 is 2.11 bits per heavy atom. The minimum Gasteiger partial charge on any atom is -0.379 e. The Labute approximate surface area is 96.9 Å². The summed E-state index contributed by atoms with van der Waals surface area (Å²) in [6, 6.07) is 0. The molecule has 4 nitrogen and oxygen atoms in total. The third kappa shape index (κ3) is 12.1. The van der Waals surface area contributed by atoms with E-state index >= 15 is 0 Å². The van der Waals surface area contributed by atoms with Gasteiger partial charge in [-0.05, 0) is 5.03 Å². The first kappa shape index (κ1) is 12.5. The Hall–Kier alpha value is 0.836. The summed E-state index contributed by atoms with van der Waals surface area (Å²) in [7, 11) is 0. The van der Waals surface area contributed by atoms with Gasteiger partial charge in [-0.1, -0.05) is 26.3 Å². The second-order valence-corrected chi connectivity index (χ2v) is 1.96. The maximum absolute atomic E-state index is 9.54. The summed E-state index contributed by atoms with van der Waals surface area (Å²) in [5.74, 6) is 0.278. The third-order valence-corrected chi connectivity index (χ3v) is 0.562. The van der Waals surface area contributed by atoms with Gasteiger partial charge >= 0.3 is 51.4 Å². The largest absolute Gasteiger partial charge is 1.00 e. The number of hydrogen-bond donors (Lipinski definition) is 0. The summed E-state index contributed by atoms with van der Waals surface area (Å²) in [4.78, 5) is 9.54. The maximum atomic E-state index is 9.54. The van der Waals surface area contributed by atoms with Gasteiger partial charge in [0.1, 0.15) is 0 Å². The molecule has 0 N–H and O–H groups in total. The van der Waals surface area contributed by atoms with E-state index in [4.69, 9.17) is 0 Å². The molecule has 0 atom stereocenters. The molecule has 48 valence electrons. The Morgan fingerprint density at radius 1 is 1.67 bits per heavy atom. The molecule has 0 aliphatic heterocycles. The minimum atomic E-state index is -0.653. The van der Waals surface area contributed by atoms with Crippen LogP contribution >= 0.6 is 0 Å². The molecule has 0 aliphatic rings. The third-order valence-electron chi connectivity index (χ3n) is 0.562. The van der Waals surface area contributed by atoms with Gasteiger partial charge in [-0.15, -0.1) is 0 Å². The van der Waals surface area contributed by atoms with Gasteiger partial charge in [-0.2, -0.15) is 0 Å². The van der Waals surface area contributed by atoms with Crippen LogP contribution in [0, 0.1) is 16.0 Å². The zero-order valence-corrected chi connectivity index (χ0v) is 9.12. The van der Waals surface area contributed by atoms with Crippen LogP contribution in [0.1, 0.15) is 13.8 Å². The van der Waals surface area contributed by atoms with Crippen molar-refractivity contribution in [2.45, 2.75) is 13.8 Å². The molecule has 0 amide bonds. The minimum absolute atomic E-state index is 0. The van der Waals surface area contributed by atoms with Crippen LogP contribution in [-0.4, -0.2) is 11.6 Å². The summed E-state index contributed by atoms with van der Waals surface area (Å²) in [6.07, 6.45) is 0. The molecule has 0 aromatic carbocycles. The van der Waals surface area contributed by atoms with Gasteiger partial charge in [0.15, 0.2) is 0 Å². The van der Waals surface area contributed by atoms with Crippen LogP contribution in [0.15, 0.2) is 0 Å². The summed E-state index contributed by atoms with van der Waals surface area (Å²) in [5, 5.41) is 8.89. The van der Waals surface area contributed by atoms with Crippen molar-refractivity contribution < 1.29 is 56.4 Å². The van der Waals surface area contributed by atoms with Crippen LogP contribution in [0.5, 0.6) is 0 Å². The van der Waals surface area contributed by atoms with Gasteiger partial charge in [-0.3, -0.25) is 10.1 Å². The molecule has 0 aromatic heterocycles. The van der Waals surface area contributed by atoms with Crippen molar-refractivity contribution in [2.75, 3.05) is 6.54 Å². The molecule has 0 bridgehead atoms. The molecule has 0 saturated heterocycles. The van der Waals surface area contributed by atoms with Crippen molar-refractivity contribution in [3.8, 4) is 0 Å². The summed E-state index contributed by atoms with van der Waals surface area (Å²) < 4.78 is 0. The molecule has 0 spiro atoms. The van der Waals surface area contributed by atoms with Crippen LogP contribution in [-0.2, 0) is 0 Å². The number of nitro groups is 1. The summed E-state index contributed by atoms with van der Waals surface area (Å²) in [6.45, 7) is 4.08. The average Bonchev–Trinajstić information content (AvgIpc) is 1.61. The Bertz CT molecular complexity index is 86.6. The predicted molar refractivity (Wildman–Crippen MR) is 30.1 cm³/mol. The Balaban J connectivity index is 0. The number of rotatable bonds is 3. The van der Waals surface area contributed by atoms with Crippen LogP contribution in [0.3, 0.4) is 0 Å². The van der Waals surface area contributed by atoms with E-state index in [0.29, 0.717) is 6.54 Å². The second kappa shape index (κ2) is 6.95. The van der Waals surface area contributed by atoms with Crippen LogP contribution in [0.2, 0.25) is 0 Å². The first-order valence-electron chi connectivity index (χ1n) is 2.44. The fourth-order valence-electron chi connectivity index (χ4n) is 0.230. The Morgan fingerprint density at radius 3 is 2.22 bits per heavy atom. The molecule has 0 heterocycles. The first-order chi connectivity index (χ1) is 3.63. The van der Waals surface area contributed by atoms with Gasteiger partial charge in [-0.25, -0.2) is 0 Å². The van der Waals surface area contributed by atoms with Crippen LogP contribution in [0.4, 0.5) is 0 Å². The van der Waals surface area contributed by atoms with E-state index < -0.39 is 5.03 Å². The zero-order valence-electron chi connectivity index (χ0n) is 6.00. The maximum Gasteiger partial charge on any atom is 1.00 e. The molecule has 0 unspecified atom stereocenters. The molecular formula is C4H9KN2O2. The molecule has 9 heavy (non-hydrogen) atoms. The van der Waals surface area contributed by atoms with Crippen molar-refractivity contribution >= 4 is 0 Å². The molecule has 0 aromatic rings. The summed E-state index contributed by atoms with van der Waals surface area (Å²) in [5.41, 5.74) is 3.05. The average molecular weight is 156 g/mol. The number of hydrogen-bond acceptors (Lipinski definition) is 2. The van der Waals surface area contributed by atoms with E-state index in [0.717, 1.165) is 0 Å². The van der Waals surface area contributed by atoms with Gasteiger partial charge in [0.05, 0.1) is 0 Å². The van der Waals surface area contributed by atoms with E-state index in [1.54, 1.807) is 0 Å². The van der Waals surface area contributed by atoms with Gasteiger partial charge in [0.2, 0.25) is 0 Å². The first-order valence-corrected chi connectivity index (χ1v) is 2.44. The van der Waals surface area contributed by atoms with Crippen molar-refractivity contribution in [1.29, 1.82) is 0 Å². The normalized spacial score (nSPS) is 8.33. The predicted octanol–water partition coefficient (Wildman–Crippen LogP) is -1.79. The fraction of sp³-hybridized carbons (Fsp3) is 1.00.